The monoisotopic (exact) mass is 366 g/mol. The number of aromatic hydroxyl groups is 1. The van der Waals surface area contributed by atoms with Crippen LogP contribution < -0.4 is 0 Å². The van der Waals surface area contributed by atoms with Crippen LogP contribution in [0.2, 0.25) is 0 Å². The highest BCUT2D eigenvalue weighted by Gasteiger charge is 2.26. The Morgan fingerprint density at radius 1 is 1.12 bits per heavy atom. The van der Waals surface area contributed by atoms with Crippen molar-refractivity contribution in [1.82, 2.24) is 10.2 Å². The normalized spacial score (nSPS) is 12.6. The molecule has 0 aliphatic heterocycles. The molecule has 2 aromatic rings. The molecule has 0 amide bonds. The van der Waals surface area contributed by atoms with Crippen molar-refractivity contribution >= 4 is 24.0 Å². The minimum Gasteiger partial charge on any atom is -0.507 e. The fraction of sp³-hybridized carbons (Fsp3) is 0.556. The maximum absolute atomic E-state index is 10.7. The van der Waals surface area contributed by atoms with Gasteiger partial charge >= 0.3 is 0 Å². The first kappa shape index (κ1) is 19.1. The zero-order chi connectivity index (χ0) is 18.1. The number of phenolic OH excluding ortho intramolecular Hbond substituents is 1. The van der Waals surface area contributed by atoms with E-state index >= 15 is 0 Å². The minimum absolute atomic E-state index is 0.116. The highest BCUT2D eigenvalue weighted by molar-refractivity contribution is 7.99. The molecule has 0 saturated heterocycles. The number of benzene rings is 1. The summed E-state index contributed by atoms with van der Waals surface area (Å²) in [6.07, 6.45) is 0.703. The van der Waals surface area contributed by atoms with E-state index in [0.29, 0.717) is 22.9 Å². The molecule has 1 aromatic heterocycles. The number of aryl methyl sites for hydroxylation is 1. The SMILES string of the molecule is CC(C)(C)c1cc(SCCc2n[nH]c(=S)o2)cc(C(C)(C)C)c1O. The zero-order valence-electron chi connectivity index (χ0n) is 15.2. The Morgan fingerprint density at radius 2 is 1.67 bits per heavy atom. The summed E-state index contributed by atoms with van der Waals surface area (Å²) in [4.78, 5) is 1.46. The molecule has 2 N–H and O–H groups in total. The number of hydrogen-bond acceptors (Lipinski definition) is 5. The van der Waals surface area contributed by atoms with Crippen LogP contribution in [0.1, 0.15) is 58.6 Å². The lowest BCUT2D eigenvalue weighted by molar-refractivity contribution is 0.422. The number of aromatic amines is 1. The van der Waals surface area contributed by atoms with E-state index in [2.05, 4.69) is 63.9 Å². The van der Waals surface area contributed by atoms with Crippen LogP contribution in [0.25, 0.3) is 0 Å². The molecule has 0 saturated carbocycles. The quantitative estimate of drug-likeness (QED) is 0.563. The first-order valence-corrected chi connectivity index (χ1v) is 9.43. The fourth-order valence-electron chi connectivity index (χ4n) is 2.46. The highest BCUT2D eigenvalue weighted by atomic mass is 32.2. The predicted octanol–water partition coefficient (Wildman–Crippen LogP) is 5.37. The molecule has 132 valence electrons. The van der Waals surface area contributed by atoms with Crippen molar-refractivity contribution in [2.45, 2.75) is 63.7 Å². The van der Waals surface area contributed by atoms with Gasteiger partial charge in [-0.2, -0.15) is 0 Å². The van der Waals surface area contributed by atoms with Gasteiger partial charge in [-0.3, -0.25) is 0 Å². The maximum atomic E-state index is 10.7. The Morgan fingerprint density at radius 3 is 2.08 bits per heavy atom. The number of nitrogens with zero attached hydrogens (tertiary/aromatic N) is 1. The smallest absolute Gasteiger partial charge is 0.284 e. The van der Waals surface area contributed by atoms with Crippen molar-refractivity contribution in [1.29, 1.82) is 0 Å². The first-order valence-electron chi connectivity index (χ1n) is 8.03. The summed E-state index contributed by atoms with van der Waals surface area (Å²) in [5.41, 5.74) is 1.73. The van der Waals surface area contributed by atoms with Crippen molar-refractivity contribution in [3.63, 3.8) is 0 Å². The Kier molecular flexibility index (Phi) is 5.50. The Balaban J connectivity index is 2.27. The predicted molar refractivity (Wildman–Crippen MR) is 102 cm³/mol. The van der Waals surface area contributed by atoms with Gasteiger partial charge in [0.25, 0.3) is 4.84 Å². The molecule has 6 heteroatoms. The van der Waals surface area contributed by atoms with Gasteiger partial charge in [0.05, 0.1) is 0 Å². The van der Waals surface area contributed by atoms with Crippen LogP contribution in [-0.2, 0) is 17.3 Å². The molecule has 4 nitrogen and oxygen atoms in total. The second kappa shape index (κ2) is 6.92. The van der Waals surface area contributed by atoms with Crippen LogP contribution in [0.4, 0.5) is 0 Å². The molecule has 0 bridgehead atoms. The Hall–Kier alpha value is -1.27. The van der Waals surface area contributed by atoms with E-state index in [1.807, 2.05) is 0 Å². The summed E-state index contributed by atoms with van der Waals surface area (Å²) in [7, 11) is 0. The van der Waals surface area contributed by atoms with Gasteiger partial charge in [0, 0.05) is 28.2 Å². The fourth-order valence-corrected chi connectivity index (χ4v) is 3.52. The van der Waals surface area contributed by atoms with Crippen LogP contribution in [0.3, 0.4) is 0 Å². The maximum Gasteiger partial charge on any atom is 0.284 e. The minimum atomic E-state index is -0.116. The van der Waals surface area contributed by atoms with Crippen LogP contribution in [0.5, 0.6) is 5.75 Å². The molecule has 0 atom stereocenters. The van der Waals surface area contributed by atoms with E-state index in [1.165, 1.54) is 0 Å². The summed E-state index contributed by atoms with van der Waals surface area (Å²) in [6, 6.07) is 4.19. The van der Waals surface area contributed by atoms with Crippen molar-refractivity contribution in [2.24, 2.45) is 0 Å². The summed E-state index contributed by atoms with van der Waals surface area (Å²) >= 11 is 6.62. The van der Waals surface area contributed by atoms with Gasteiger partial charge in [-0.1, -0.05) is 41.5 Å². The molecule has 24 heavy (non-hydrogen) atoms. The highest BCUT2D eigenvalue weighted by Crippen LogP contribution is 2.41. The second-order valence-electron chi connectivity index (χ2n) is 7.97. The van der Waals surface area contributed by atoms with Crippen LogP contribution >= 0.6 is 24.0 Å². The molecular formula is C18H26N2O2S2. The zero-order valence-corrected chi connectivity index (χ0v) is 16.8. The largest absolute Gasteiger partial charge is 0.507 e. The lowest BCUT2D eigenvalue weighted by Gasteiger charge is -2.28. The Bertz CT molecular complexity index is 729. The lowest BCUT2D eigenvalue weighted by atomic mass is 9.79. The number of aromatic nitrogens is 2. The number of rotatable bonds is 4. The van der Waals surface area contributed by atoms with E-state index in [9.17, 15) is 5.11 Å². The van der Waals surface area contributed by atoms with Crippen LogP contribution in [0, 0.1) is 4.84 Å². The third-order valence-corrected chi connectivity index (χ3v) is 4.92. The van der Waals surface area contributed by atoms with Gasteiger partial charge in [0.15, 0.2) is 0 Å². The molecule has 1 heterocycles. The third-order valence-electron chi connectivity index (χ3n) is 3.77. The van der Waals surface area contributed by atoms with Crippen molar-refractivity contribution in [2.75, 3.05) is 5.75 Å². The van der Waals surface area contributed by atoms with Crippen molar-refractivity contribution < 1.29 is 9.52 Å². The average Bonchev–Trinajstić information content (AvgIpc) is 2.83. The molecule has 0 spiro atoms. The van der Waals surface area contributed by atoms with Gasteiger partial charge < -0.3 is 9.52 Å². The van der Waals surface area contributed by atoms with Gasteiger partial charge in [-0.15, -0.1) is 16.9 Å². The Labute approximate surface area is 153 Å². The molecule has 1 aromatic carbocycles. The number of H-pyrrole nitrogens is 1. The summed E-state index contributed by atoms with van der Waals surface area (Å²) in [5, 5.41) is 17.4. The molecule has 0 fully saturated rings. The van der Waals surface area contributed by atoms with Gasteiger partial charge in [-0.25, -0.2) is 5.10 Å². The standard InChI is InChI=1S/C18H26N2O2S2/c1-17(2,3)12-9-11(10-13(15(12)21)18(4,5)6)24-8-7-14-19-20-16(23)22-14/h9-10,21H,7-8H2,1-6H3,(H,20,23). The van der Waals surface area contributed by atoms with E-state index in [0.717, 1.165) is 21.8 Å². The molecule has 2 rings (SSSR count). The van der Waals surface area contributed by atoms with Gasteiger partial charge in [0.2, 0.25) is 5.89 Å². The number of nitrogens with one attached hydrogen (secondary N) is 1. The summed E-state index contributed by atoms with van der Waals surface area (Å²) in [5.74, 6) is 1.87. The number of hydrogen-bond donors (Lipinski definition) is 2. The van der Waals surface area contributed by atoms with E-state index in [-0.39, 0.29) is 10.8 Å². The van der Waals surface area contributed by atoms with Crippen LogP contribution in [-0.4, -0.2) is 21.1 Å². The van der Waals surface area contributed by atoms with Gasteiger partial charge in [-0.05, 0) is 35.2 Å². The molecule has 0 unspecified atom stereocenters. The molecule has 0 aliphatic rings. The topological polar surface area (TPSA) is 62.0 Å². The average molecular weight is 367 g/mol. The first-order chi connectivity index (χ1) is 11.0. The van der Waals surface area contributed by atoms with E-state index in [1.54, 1.807) is 11.8 Å². The van der Waals surface area contributed by atoms with Crippen LogP contribution in [0.15, 0.2) is 21.4 Å². The van der Waals surface area contributed by atoms with E-state index in [4.69, 9.17) is 16.6 Å². The summed E-state index contributed by atoms with van der Waals surface area (Å²) in [6.45, 7) is 12.7. The second-order valence-corrected chi connectivity index (χ2v) is 9.51. The van der Waals surface area contributed by atoms with E-state index < -0.39 is 0 Å². The van der Waals surface area contributed by atoms with Crippen molar-refractivity contribution in [3.05, 3.63) is 34.0 Å². The molecular weight excluding hydrogens is 340 g/mol. The molecule has 0 radical (unpaired) electrons. The van der Waals surface area contributed by atoms with Gasteiger partial charge in [0.1, 0.15) is 5.75 Å². The molecule has 0 aliphatic carbocycles. The third kappa shape index (κ3) is 4.63. The van der Waals surface area contributed by atoms with Crippen molar-refractivity contribution in [3.8, 4) is 5.75 Å². The number of thioether (sulfide) groups is 1. The lowest BCUT2D eigenvalue weighted by Crippen LogP contribution is -2.17. The number of phenols is 1. The summed E-state index contributed by atoms with van der Waals surface area (Å²) < 4.78 is 5.29.